The second-order valence-electron chi connectivity index (χ2n) is 6.89. The molecule has 1 unspecified atom stereocenters. The van der Waals surface area contributed by atoms with E-state index in [2.05, 4.69) is 16.2 Å². The molecular weight excluding hydrogens is 352 g/mol. The van der Waals surface area contributed by atoms with Crippen LogP contribution in [0.1, 0.15) is 60.5 Å². The molecule has 0 spiro atoms. The Kier molecular flexibility index (Phi) is 6.49. The zero-order chi connectivity index (χ0) is 19.9. The molecule has 0 fully saturated rings. The van der Waals surface area contributed by atoms with Gasteiger partial charge in [-0.25, -0.2) is 4.98 Å². The highest BCUT2D eigenvalue weighted by atomic mass is 16.2. The Balaban J connectivity index is 1.92. The molecule has 6 heteroatoms. The van der Waals surface area contributed by atoms with Crippen molar-refractivity contribution < 1.29 is 9.59 Å². The standard InChI is InChI=1S/C22H26N4O2/c1-3-5-7-12-19(27)26-15-14-25-16-18(22(28)23-13-4-2)24-21(25)20(26)17-10-8-6-9-11-17/h1,6,8-11,16,20H,4-5,7,12-15H2,2H3,(H,23,28). The first kappa shape index (κ1) is 19.7. The largest absolute Gasteiger partial charge is 0.351 e. The van der Waals surface area contributed by atoms with E-state index >= 15 is 0 Å². The minimum absolute atomic E-state index is 0.0651. The first-order valence-electron chi connectivity index (χ1n) is 9.78. The van der Waals surface area contributed by atoms with E-state index in [4.69, 9.17) is 6.42 Å². The predicted molar refractivity (Wildman–Crippen MR) is 108 cm³/mol. The molecule has 2 amide bonds. The number of unbranched alkanes of at least 4 members (excludes halogenated alkanes) is 1. The molecule has 0 saturated carbocycles. The van der Waals surface area contributed by atoms with Crippen molar-refractivity contribution in [1.82, 2.24) is 19.8 Å². The minimum atomic E-state index is -0.305. The van der Waals surface area contributed by atoms with E-state index in [9.17, 15) is 9.59 Å². The summed E-state index contributed by atoms with van der Waals surface area (Å²) in [6, 6.07) is 9.53. The molecule has 2 aromatic rings. The van der Waals surface area contributed by atoms with Gasteiger partial charge in [0.05, 0.1) is 0 Å². The molecular formula is C22H26N4O2. The van der Waals surface area contributed by atoms with Crippen LogP contribution >= 0.6 is 0 Å². The van der Waals surface area contributed by atoms with Crippen LogP contribution in [0.15, 0.2) is 36.5 Å². The van der Waals surface area contributed by atoms with Crippen molar-refractivity contribution in [2.75, 3.05) is 13.1 Å². The third-order valence-corrected chi connectivity index (χ3v) is 4.86. The van der Waals surface area contributed by atoms with Crippen LogP contribution in [0.2, 0.25) is 0 Å². The van der Waals surface area contributed by atoms with E-state index in [0.29, 0.717) is 44.6 Å². The van der Waals surface area contributed by atoms with Crippen LogP contribution in [0.4, 0.5) is 0 Å². The van der Waals surface area contributed by atoms with Gasteiger partial charge in [0.15, 0.2) is 0 Å². The van der Waals surface area contributed by atoms with E-state index in [0.717, 1.165) is 17.8 Å². The molecule has 28 heavy (non-hydrogen) atoms. The summed E-state index contributed by atoms with van der Waals surface area (Å²) >= 11 is 0. The number of carbonyl (C=O) groups is 2. The molecule has 0 saturated heterocycles. The van der Waals surface area contributed by atoms with Crippen molar-refractivity contribution in [2.45, 2.75) is 45.2 Å². The molecule has 1 aromatic heterocycles. The summed E-state index contributed by atoms with van der Waals surface area (Å²) in [5.74, 6) is 3.20. The summed E-state index contributed by atoms with van der Waals surface area (Å²) in [7, 11) is 0. The van der Waals surface area contributed by atoms with Gasteiger partial charge in [-0.2, -0.15) is 0 Å². The first-order chi connectivity index (χ1) is 13.7. The second-order valence-corrected chi connectivity index (χ2v) is 6.89. The summed E-state index contributed by atoms with van der Waals surface area (Å²) in [6.07, 6.45) is 9.65. The quantitative estimate of drug-likeness (QED) is 0.595. The number of carbonyl (C=O) groups excluding carboxylic acids is 2. The highest BCUT2D eigenvalue weighted by Gasteiger charge is 2.34. The molecule has 0 aliphatic carbocycles. The molecule has 1 N–H and O–H groups in total. The van der Waals surface area contributed by atoms with E-state index < -0.39 is 0 Å². The van der Waals surface area contributed by atoms with Crippen molar-refractivity contribution in [2.24, 2.45) is 0 Å². The van der Waals surface area contributed by atoms with Crippen LogP contribution in [-0.4, -0.2) is 39.4 Å². The monoisotopic (exact) mass is 378 g/mol. The molecule has 0 bridgehead atoms. The molecule has 6 nitrogen and oxygen atoms in total. The molecule has 2 heterocycles. The number of benzene rings is 1. The van der Waals surface area contributed by atoms with Gasteiger partial charge in [-0.05, 0) is 18.4 Å². The van der Waals surface area contributed by atoms with Crippen molar-refractivity contribution in [3.05, 3.63) is 53.6 Å². The van der Waals surface area contributed by atoms with Gasteiger partial charge in [-0.1, -0.05) is 37.3 Å². The van der Waals surface area contributed by atoms with Gasteiger partial charge in [-0.3, -0.25) is 9.59 Å². The lowest BCUT2D eigenvalue weighted by Gasteiger charge is -2.36. The molecule has 3 rings (SSSR count). The highest BCUT2D eigenvalue weighted by Crippen LogP contribution is 2.32. The average molecular weight is 378 g/mol. The fraction of sp³-hybridized carbons (Fsp3) is 0.409. The molecule has 146 valence electrons. The van der Waals surface area contributed by atoms with Crippen LogP contribution in [0, 0.1) is 12.3 Å². The lowest BCUT2D eigenvalue weighted by atomic mass is 10.0. The van der Waals surface area contributed by atoms with Crippen molar-refractivity contribution in [3.63, 3.8) is 0 Å². The SMILES string of the molecule is C#CCCCC(=O)N1CCn2cc(C(=O)NCCC)nc2C1c1ccccc1. The molecule has 0 radical (unpaired) electrons. The van der Waals surface area contributed by atoms with E-state index in [1.807, 2.05) is 46.7 Å². The van der Waals surface area contributed by atoms with Gasteiger partial charge >= 0.3 is 0 Å². The maximum atomic E-state index is 12.9. The van der Waals surface area contributed by atoms with Gasteiger partial charge in [0, 0.05) is 38.7 Å². The van der Waals surface area contributed by atoms with E-state index in [1.165, 1.54) is 0 Å². The molecule has 1 aromatic carbocycles. The summed E-state index contributed by atoms with van der Waals surface area (Å²) in [6.45, 7) is 3.82. The van der Waals surface area contributed by atoms with Gasteiger partial charge in [0.1, 0.15) is 17.6 Å². The number of fused-ring (bicyclic) bond motifs is 1. The third kappa shape index (κ3) is 4.25. The Hall–Kier alpha value is -3.07. The smallest absolute Gasteiger partial charge is 0.271 e. The second kappa shape index (κ2) is 9.23. The summed E-state index contributed by atoms with van der Waals surface area (Å²) in [5, 5.41) is 2.87. The van der Waals surface area contributed by atoms with Crippen molar-refractivity contribution in [1.29, 1.82) is 0 Å². The Morgan fingerprint density at radius 2 is 2.07 bits per heavy atom. The van der Waals surface area contributed by atoms with Crippen LogP contribution in [-0.2, 0) is 11.3 Å². The number of rotatable bonds is 7. The summed E-state index contributed by atoms with van der Waals surface area (Å²) in [5.41, 5.74) is 1.38. The average Bonchev–Trinajstić information content (AvgIpc) is 3.16. The van der Waals surface area contributed by atoms with Crippen molar-refractivity contribution in [3.8, 4) is 12.3 Å². The number of terminal acetylenes is 1. The first-order valence-corrected chi connectivity index (χ1v) is 9.78. The maximum absolute atomic E-state index is 12.9. The maximum Gasteiger partial charge on any atom is 0.271 e. The van der Waals surface area contributed by atoms with Crippen molar-refractivity contribution >= 4 is 11.8 Å². The van der Waals surface area contributed by atoms with Crippen LogP contribution in [0.3, 0.4) is 0 Å². The zero-order valence-corrected chi connectivity index (χ0v) is 16.2. The molecule has 1 aliphatic heterocycles. The number of hydrogen-bond donors (Lipinski definition) is 1. The number of hydrogen-bond acceptors (Lipinski definition) is 3. The zero-order valence-electron chi connectivity index (χ0n) is 16.2. The topological polar surface area (TPSA) is 67.2 Å². The third-order valence-electron chi connectivity index (χ3n) is 4.86. The Morgan fingerprint density at radius 1 is 1.29 bits per heavy atom. The Morgan fingerprint density at radius 3 is 2.79 bits per heavy atom. The fourth-order valence-corrected chi connectivity index (χ4v) is 3.47. The van der Waals surface area contributed by atoms with E-state index in [-0.39, 0.29) is 17.9 Å². The van der Waals surface area contributed by atoms with E-state index in [1.54, 1.807) is 6.20 Å². The number of imidazole rings is 1. The number of nitrogens with zero attached hydrogens (tertiary/aromatic N) is 3. The Labute approximate surface area is 165 Å². The summed E-state index contributed by atoms with van der Waals surface area (Å²) in [4.78, 5) is 31.7. The summed E-state index contributed by atoms with van der Waals surface area (Å²) < 4.78 is 1.99. The number of amides is 2. The lowest BCUT2D eigenvalue weighted by molar-refractivity contribution is -0.134. The molecule has 1 atom stereocenters. The van der Waals surface area contributed by atoms with Crippen LogP contribution < -0.4 is 5.32 Å². The lowest BCUT2D eigenvalue weighted by Crippen LogP contribution is -2.42. The predicted octanol–water partition coefficient (Wildman–Crippen LogP) is 2.76. The van der Waals surface area contributed by atoms with Gasteiger partial charge < -0.3 is 14.8 Å². The van der Waals surface area contributed by atoms with Gasteiger partial charge in [0.2, 0.25) is 5.91 Å². The van der Waals surface area contributed by atoms with Gasteiger partial charge in [0.25, 0.3) is 5.91 Å². The Bertz CT molecular complexity index is 866. The normalized spacial score (nSPS) is 15.6. The number of aromatic nitrogens is 2. The highest BCUT2D eigenvalue weighted by molar-refractivity contribution is 5.92. The fourth-order valence-electron chi connectivity index (χ4n) is 3.47. The molecule has 1 aliphatic rings. The number of nitrogens with one attached hydrogen (secondary N) is 1. The van der Waals surface area contributed by atoms with Crippen LogP contribution in [0.5, 0.6) is 0 Å². The van der Waals surface area contributed by atoms with Crippen LogP contribution in [0.25, 0.3) is 0 Å². The van der Waals surface area contributed by atoms with Gasteiger partial charge in [-0.15, -0.1) is 12.3 Å². The minimum Gasteiger partial charge on any atom is -0.351 e.